The first-order valence-electron chi connectivity index (χ1n) is 7.55. The van der Waals surface area contributed by atoms with Crippen LogP contribution in [0, 0.1) is 6.92 Å². The highest BCUT2D eigenvalue weighted by Crippen LogP contribution is 2.25. The molecule has 0 fully saturated rings. The number of nitrogens with one attached hydrogen (secondary N) is 3. The molecule has 3 amide bonds. The minimum Gasteiger partial charge on any atom is -0.326 e. The number of hydrogen-bond acceptors (Lipinski definition) is 3. The maximum absolute atomic E-state index is 12.5. The lowest BCUT2D eigenvalue weighted by Crippen LogP contribution is -2.14. The van der Waals surface area contributed by atoms with E-state index in [9.17, 15) is 14.4 Å². The summed E-state index contributed by atoms with van der Waals surface area (Å²) in [5.41, 5.74) is 4.18. The fraction of sp³-hybridized carbons (Fsp3) is 0.167. The summed E-state index contributed by atoms with van der Waals surface area (Å²) in [7, 11) is 0. The lowest BCUT2D eigenvalue weighted by Gasteiger charge is -2.11. The van der Waals surface area contributed by atoms with Gasteiger partial charge in [0.2, 0.25) is 11.8 Å². The second-order valence-electron chi connectivity index (χ2n) is 5.76. The summed E-state index contributed by atoms with van der Waals surface area (Å²) in [5, 5.41) is 8.27. The lowest BCUT2D eigenvalue weighted by molar-refractivity contribution is -0.115. The largest absolute Gasteiger partial charge is 0.326 e. The van der Waals surface area contributed by atoms with Gasteiger partial charge in [0.05, 0.1) is 6.42 Å². The highest BCUT2D eigenvalue weighted by molar-refractivity contribution is 6.07. The Morgan fingerprint density at radius 3 is 2.62 bits per heavy atom. The molecule has 24 heavy (non-hydrogen) atoms. The molecule has 0 saturated heterocycles. The summed E-state index contributed by atoms with van der Waals surface area (Å²) in [6.45, 7) is 3.30. The average Bonchev–Trinajstić information content (AvgIpc) is 2.89. The summed E-state index contributed by atoms with van der Waals surface area (Å²) < 4.78 is 0. The zero-order valence-electron chi connectivity index (χ0n) is 13.4. The zero-order chi connectivity index (χ0) is 17.3. The summed E-state index contributed by atoms with van der Waals surface area (Å²) in [4.78, 5) is 35.0. The van der Waals surface area contributed by atoms with Gasteiger partial charge in [-0.1, -0.05) is 6.07 Å². The smallest absolute Gasteiger partial charge is 0.255 e. The molecule has 1 aliphatic heterocycles. The Hall–Kier alpha value is -3.15. The van der Waals surface area contributed by atoms with Crippen molar-refractivity contribution >= 4 is 34.8 Å². The van der Waals surface area contributed by atoms with Gasteiger partial charge in [0.15, 0.2) is 0 Å². The van der Waals surface area contributed by atoms with Gasteiger partial charge < -0.3 is 16.0 Å². The number of benzene rings is 2. The van der Waals surface area contributed by atoms with Crippen LogP contribution in [0.4, 0.5) is 17.1 Å². The minimum atomic E-state index is -0.264. The van der Waals surface area contributed by atoms with Gasteiger partial charge in [-0.15, -0.1) is 0 Å². The molecular formula is C18H17N3O3. The van der Waals surface area contributed by atoms with Crippen LogP contribution in [0.15, 0.2) is 36.4 Å². The van der Waals surface area contributed by atoms with Crippen LogP contribution < -0.4 is 16.0 Å². The van der Waals surface area contributed by atoms with Crippen molar-refractivity contribution in [1.82, 2.24) is 0 Å². The van der Waals surface area contributed by atoms with E-state index < -0.39 is 0 Å². The highest BCUT2D eigenvalue weighted by Gasteiger charge is 2.19. The second-order valence-corrected chi connectivity index (χ2v) is 5.76. The van der Waals surface area contributed by atoms with Crippen molar-refractivity contribution < 1.29 is 14.4 Å². The predicted octanol–water partition coefficient (Wildman–Crippen LogP) is 2.70. The fourth-order valence-electron chi connectivity index (χ4n) is 2.60. The molecule has 1 aliphatic rings. The van der Waals surface area contributed by atoms with E-state index in [0.29, 0.717) is 16.9 Å². The third-order valence-electron chi connectivity index (χ3n) is 3.80. The number of carbonyl (C=O) groups is 3. The molecule has 0 spiro atoms. The molecule has 0 saturated carbocycles. The number of fused-ring (bicyclic) bond motifs is 1. The Kier molecular flexibility index (Phi) is 4.04. The molecular weight excluding hydrogens is 306 g/mol. The predicted molar refractivity (Wildman–Crippen MR) is 92.2 cm³/mol. The SMILES string of the molecule is CC(=O)Nc1ccc(C)c(NC(=O)c2ccc3c(c2)CC(=O)N3)c1. The Morgan fingerprint density at radius 2 is 1.88 bits per heavy atom. The van der Waals surface area contributed by atoms with Gasteiger partial charge in [-0.25, -0.2) is 0 Å². The standard InChI is InChI=1S/C18H17N3O3/c1-10-3-5-14(19-11(2)22)9-16(10)21-18(24)12-4-6-15-13(7-12)8-17(23)20-15/h3-7,9H,8H2,1-2H3,(H,19,22)(H,20,23)(H,21,24). The number of amides is 3. The van der Waals surface area contributed by atoms with Crippen molar-refractivity contribution in [3.63, 3.8) is 0 Å². The van der Waals surface area contributed by atoms with Crippen molar-refractivity contribution in [3.05, 3.63) is 53.1 Å². The number of aryl methyl sites for hydroxylation is 1. The maximum atomic E-state index is 12.5. The zero-order valence-corrected chi connectivity index (χ0v) is 13.4. The Balaban J connectivity index is 1.81. The van der Waals surface area contributed by atoms with Crippen molar-refractivity contribution in [3.8, 4) is 0 Å². The highest BCUT2D eigenvalue weighted by atomic mass is 16.2. The van der Waals surface area contributed by atoms with Crippen LogP contribution in [-0.4, -0.2) is 17.7 Å². The Labute approximate surface area is 139 Å². The molecule has 0 atom stereocenters. The molecule has 2 aromatic carbocycles. The van der Waals surface area contributed by atoms with E-state index in [4.69, 9.17) is 0 Å². The first kappa shape index (κ1) is 15.7. The van der Waals surface area contributed by atoms with E-state index in [-0.39, 0.29) is 24.1 Å². The normalized spacial score (nSPS) is 12.3. The molecule has 3 N–H and O–H groups in total. The van der Waals surface area contributed by atoms with Crippen molar-refractivity contribution in [1.29, 1.82) is 0 Å². The van der Waals surface area contributed by atoms with Gasteiger partial charge in [-0.3, -0.25) is 14.4 Å². The molecule has 0 radical (unpaired) electrons. The summed E-state index contributed by atoms with van der Waals surface area (Å²) >= 11 is 0. The van der Waals surface area contributed by atoms with Crippen LogP contribution in [0.2, 0.25) is 0 Å². The molecule has 0 aromatic heterocycles. The molecule has 3 rings (SSSR count). The first-order valence-corrected chi connectivity index (χ1v) is 7.55. The summed E-state index contributed by atoms with van der Waals surface area (Å²) in [6.07, 6.45) is 0.285. The Morgan fingerprint density at radius 1 is 1.08 bits per heavy atom. The quantitative estimate of drug-likeness (QED) is 0.811. The molecule has 122 valence electrons. The molecule has 0 unspecified atom stereocenters. The number of anilines is 3. The summed E-state index contributed by atoms with van der Waals surface area (Å²) in [6, 6.07) is 10.4. The third-order valence-corrected chi connectivity index (χ3v) is 3.80. The molecule has 0 bridgehead atoms. The number of carbonyl (C=O) groups excluding carboxylic acids is 3. The van der Waals surface area contributed by atoms with Gasteiger partial charge in [0.1, 0.15) is 0 Å². The Bertz CT molecular complexity index is 859. The van der Waals surface area contributed by atoms with E-state index in [1.165, 1.54) is 6.92 Å². The van der Waals surface area contributed by atoms with Crippen molar-refractivity contribution in [2.45, 2.75) is 20.3 Å². The number of rotatable bonds is 3. The van der Waals surface area contributed by atoms with Crippen LogP contribution >= 0.6 is 0 Å². The van der Waals surface area contributed by atoms with E-state index in [2.05, 4.69) is 16.0 Å². The number of hydrogen-bond donors (Lipinski definition) is 3. The van der Waals surface area contributed by atoms with Crippen LogP contribution in [0.25, 0.3) is 0 Å². The van der Waals surface area contributed by atoms with Crippen LogP contribution in [0.3, 0.4) is 0 Å². The van der Waals surface area contributed by atoms with Gasteiger partial charge in [-0.05, 0) is 48.4 Å². The van der Waals surface area contributed by atoms with Crippen molar-refractivity contribution in [2.24, 2.45) is 0 Å². The maximum Gasteiger partial charge on any atom is 0.255 e. The van der Waals surface area contributed by atoms with E-state index >= 15 is 0 Å². The first-order chi connectivity index (χ1) is 11.4. The molecule has 2 aromatic rings. The van der Waals surface area contributed by atoms with Gasteiger partial charge in [0.25, 0.3) is 5.91 Å². The van der Waals surface area contributed by atoms with E-state index in [1.807, 2.05) is 13.0 Å². The molecule has 6 nitrogen and oxygen atoms in total. The van der Waals surface area contributed by atoms with E-state index in [1.54, 1.807) is 30.3 Å². The lowest BCUT2D eigenvalue weighted by atomic mass is 10.1. The molecule has 1 heterocycles. The van der Waals surface area contributed by atoms with Crippen LogP contribution in [-0.2, 0) is 16.0 Å². The van der Waals surface area contributed by atoms with Gasteiger partial charge in [0, 0.05) is 29.5 Å². The molecule has 0 aliphatic carbocycles. The van der Waals surface area contributed by atoms with E-state index in [0.717, 1.165) is 16.8 Å². The van der Waals surface area contributed by atoms with Gasteiger partial charge in [-0.2, -0.15) is 0 Å². The van der Waals surface area contributed by atoms with Gasteiger partial charge >= 0.3 is 0 Å². The fourth-order valence-corrected chi connectivity index (χ4v) is 2.60. The molecule has 6 heteroatoms. The minimum absolute atomic E-state index is 0.0681. The van der Waals surface area contributed by atoms with Crippen LogP contribution in [0.1, 0.15) is 28.4 Å². The monoisotopic (exact) mass is 323 g/mol. The van der Waals surface area contributed by atoms with Crippen LogP contribution in [0.5, 0.6) is 0 Å². The topological polar surface area (TPSA) is 87.3 Å². The third kappa shape index (κ3) is 3.27. The average molecular weight is 323 g/mol. The summed E-state index contributed by atoms with van der Waals surface area (Å²) in [5.74, 6) is -0.506. The second kappa shape index (κ2) is 6.16. The van der Waals surface area contributed by atoms with Crippen molar-refractivity contribution in [2.75, 3.05) is 16.0 Å².